The van der Waals surface area contributed by atoms with E-state index in [2.05, 4.69) is 10.3 Å². The molecule has 2 rings (SSSR count). The molecule has 0 aliphatic heterocycles. The zero-order valence-corrected chi connectivity index (χ0v) is 12.1. The van der Waals surface area contributed by atoms with Crippen molar-refractivity contribution < 1.29 is 0 Å². The molecule has 5 heteroatoms. The van der Waals surface area contributed by atoms with Crippen molar-refractivity contribution in [3.8, 4) is 0 Å². The molecular formula is C13H12Cl2N2S. The summed E-state index contributed by atoms with van der Waals surface area (Å²) < 4.78 is 0. The predicted molar refractivity (Wildman–Crippen MR) is 77.6 cm³/mol. The number of benzene rings is 1. The quantitative estimate of drug-likeness (QED) is 0.913. The van der Waals surface area contributed by atoms with Gasteiger partial charge in [0.1, 0.15) is 5.03 Å². The average molecular weight is 299 g/mol. The molecule has 0 saturated carbocycles. The lowest BCUT2D eigenvalue weighted by atomic mass is 10.2. The van der Waals surface area contributed by atoms with Crippen molar-refractivity contribution in [3.05, 3.63) is 52.1 Å². The number of hydrogen-bond acceptors (Lipinski definition) is 3. The molecule has 1 heterocycles. The summed E-state index contributed by atoms with van der Waals surface area (Å²) in [5.41, 5.74) is 1.20. The monoisotopic (exact) mass is 298 g/mol. The number of rotatable bonds is 4. The van der Waals surface area contributed by atoms with Gasteiger partial charge in [-0.1, -0.05) is 41.0 Å². The number of hydrogen-bond donors (Lipinski definition) is 1. The molecule has 2 nitrogen and oxygen atoms in total. The number of aromatic nitrogens is 1. The topological polar surface area (TPSA) is 24.9 Å². The van der Waals surface area contributed by atoms with Crippen molar-refractivity contribution >= 4 is 35.0 Å². The highest BCUT2D eigenvalue weighted by atomic mass is 35.5. The summed E-state index contributed by atoms with van der Waals surface area (Å²) in [5, 5.41) is 5.41. The van der Waals surface area contributed by atoms with Gasteiger partial charge in [0.2, 0.25) is 0 Å². The fourth-order valence-electron chi connectivity index (χ4n) is 1.50. The third-order valence-electron chi connectivity index (χ3n) is 2.31. The van der Waals surface area contributed by atoms with Crippen molar-refractivity contribution in [3.63, 3.8) is 0 Å². The molecule has 0 aliphatic rings. The van der Waals surface area contributed by atoms with Crippen LogP contribution in [0.2, 0.25) is 10.0 Å². The molecular weight excluding hydrogens is 287 g/mol. The summed E-state index contributed by atoms with van der Waals surface area (Å²) in [4.78, 5) is 5.38. The molecule has 0 radical (unpaired) electrons. The minimum atomic E-state index is 0.640. The van der Waals surface area contributed by atoms with Crippen LogP contribution in [0.15, 0.2) is 46.5 Å². The summed E-state index contributed by atoms with van der Waals surface area (Å²) in [6, 6.07) is 9.61. The average Bonchev–Trinajstić information content (AvgIpc) is 2.36. The Morgan fingerprint density at radius 3 is 2.61 bits per heavy atom. The maximum absolute atomic E-state index is 6.03. The van der Waals surface area contributed by atoms with Gasteiger partial charge in [0.15, 0.2) is 0 Å². The summed E-state index contributed by atoms with van der Waals surface area (Å²) in [5.74, 6) is 0. The van der Waals surface area contributed by atoms with Gasteiger partial charge in [0.25, 0.3) is 0 Å². The minimum absolute atomic E-state index is 0.640. The van der Waals surface area contributed by atoms with Crippen LogP contribution in [0.25, 0.3) is 0 Å². The van der Waals surface area contributed by atoms with Gasteiger partial charge in [-0.3, -0.25) is 0 Å². The van der Waals surface area contributed by atoms with E-state index in [0.717, 1.165) is 21.5 Å². The zero-order chi connectivity index (χ0) is 13.0. The molecule has 94 valence electrons. The van der Waals surface area contributed by atoms with E-state index in [1.165, 1.54) is 5.56 Å². The van der Waals surface area contributed by atoms with Crippen LogP contribution in [-0.4, -0.2) is 12.0 Å². The molecule has 0 saturated heterocycles. The molecule has 1 N–H and O–H groups in total. The molecule has 0 bridgehead atoms. The van der Waals surface area contributed by atoms with Crippen LogP contribution >= 0.6 is 35.0 Å². The first-order chi connectivity index (χ1) is 8.69. The van der Waals surface area contributed by atoms with Gasteiger partial charge < -0.3 is 5.32 Å². The maximum Gasteiger partial charge on any atom is 0.101 e. The number of halogens is 2. The Balaban J connectivity index is 2.26. The minimum Gasteiger partial charge on any atom is -0.316 e. The zero-order valence-electron chi connectivity index (χ0n) is 9.78. The smallest absolute Gasteiger partial charge is 0.101 e. The van der Waals surface area contributed by atoms with E-state index in [1.807, 2.05) is 37.4 Å². The SMILES string of the molecule is CNCc1ccc(Cl)cc1Sc1ccc(Cl)cn1. The molecule has 1 aromatic heterocycles. The van der Waals surface area contributed by atoms with Crippen molar-refractivity contribution in [2.24, 2.45) is 0 Å². The van der Waals surface area contributed by atoms with Gasteiger partial charge >= 0.3 is 0 Å². The number of pyridine rings is 1. The number of nitrogens with one attached hydrogen (secondary N) is 1. The second-order valence-electron chi connectivity index (χ2n) is 3.70. The molecule has 0 atom stereocenters. The van der Waals surface area contributed by atoms with Crippen LogP contribution in [0.4, 0.5) is 0 Å². The van der Waals surface area contributed by atoms with Gasteiger partial charge in [-0.25, -0.2) is 4.98 Å². The van der Waals surface area contributed by atoms with Crippen LogP contribution in [-0.2, 0) is 6.54 Å². The van der Waals surface area contributed by atoms with E-state index in [0.29, 0.717) is 5.02 Å². The summed E-state index contributed by atoms with van der Waals surface area (Å²) in [6.45, 7) is 0.799. The van der Waals surface area contributed by atoms with Gasteiger partial charge in [0, 0.05) is 22.7 Å². The van der Waals surface area contributed by atoms with Crippen LogP contribution in [0, 0.1) is 0 Å². The normalized spacial score (nSPS) is 10.6. The maximum atomic E-state index is 6.03. The lowest BCUT2D eigenvalue weighted by molar-refractivity contribution is 0.803. The van der Waals surface area contributed by atoms with E-state index in [9.17, 15) is 0 Å². The first kappa shape index (κ1) is 13.7. The standard InChI is InChI=1S/C13H12Cl2N2S/c1-16-7-9-2-3-10(14)6-12(9)18-13-5-4-11(15)8-17-13/h2-6,8,16H,7H2,1H3. The third-order valence-corrected chi connectivity index (χ3v) is 3.82. The van der Waals surface area contributed by atoms with Gasteiger partial charge in [-0.05, 0) is 36.9 Å². The van der Waals surface area contributed by atoms with Gasteiger partial charge in [-0.2, -0.15) is 0 Å². The van der Waals surface area contributed by atoms with Crippen LogP contribution in [0.5, 0.6) is 0 Å². The van der Waals surface area contributed by atoms with Crippen LogP contribution < -0.4 is 5.32 Å². The first-order valence-electron chi connectivity index (χ1n) is 5.41. The van der Waals surface area contributed by atoms with Crippen LogP contribution in [0.1, 0.15) is 5.56 Å². The summed E-state index contributed by atoms with van der Waals surface area (Å²) in [6.07, 6.45) is 1.65. The fourth-order valence-corrected chi connectivity index (χ4v) is 2.77. The van der Waals surface area contributed by atoms with E-state index >= 15 is 0 Å². The Morgan fingerprint density at radius 1 is 1.17 bits per heavy atom. The first-order valence-corrected chi connectivity index (χ1v) is 6.98. The van der Waals surface area contributed by atoms with E-state index in [1.54, 1.807) is 18.0 Å². The lowest BCUT2D eigenvalue weighted by Gasteiger charge is -2.09. The van der Waals surface area contributed by atoms with Crippen molar-refractivity contribution in [1.29, 1.82) is 0 Å². The molecule has 1 aromatic carbocycles. The van der Waals surface area contributed by atoms with E-state index < -0.39 is 0 Å². The predicted octanol–water partition coefficient (Wildman–Crippen LogP) is 4.26. The van der Waals surface area contributed by atoms with E-state index in [4.69, 9.17) is 23.2 Å². The van der Waals surface area contributed by atoms with Gasteiger partial charge in [-0.15, -0.1) is 0 Å². The van der Waals surface area contributed by atoms with Crippen molar-refractivity contribution in [2.45, 2.75) is 16.5 Å². The number of nitrogens with zero attached hydrogens (tertiary/aromatic N) is 1. The third kappa shape index (κ3) is 3.62. The largest absolute Gasteiger partial charge is 0.316 e. The van der Waals surface area contributed by atoms with Crippen molar-refractivity contribution in [1.82, 2.24) is 10.3 Å². The highest BCUT2D eigenvalue weighted by Gasteiger charge is 2.06. The lowest BCUT2D eigenvalue weighted by Crippen LogP contribution is -2.06. The molecule has 0 unspecified atom stereocenters. The second kappa shape index (κ2) is 6.43. The Hall–Kier alpha value is -0.740. The van der Waals surface area contributed by atoms with Gasteiger partial charge in [0.05, 0.1) is 5.02 Å². The highest BCUT2D eigenvalue weighted by Crippen LogP contribution is 2.31. The van der Waals surface area contributed by atoms with Crippen molar-refractivity contribution in [2.75, 3.05) is 7.05 Å². The van der Waals surface area contributed by atoms with E-state index in [-0.39, 0.29) is 0 Å². The molecule has 0 aliphatic carbocycles. The molecule has 18 heavy (non-hydrogen) atoms. The summed E-state index contributed by atoms with van der Waals surface area (Å²) in [7, 11) is 1.92. The second-order valence-corrected chi connectivity index (χ2v) is 5.63. The Bertz CT molecular complexity index is 529. The Kier molecular flexibility index (Phi) is 4.89. The molecule has 0 amide bonds. The highest BCUT2D eigenvalue weighted by molar-refractivity contribution is 7.99. The Labute approximate surface area is 121 Å². The fraction of sp³-hybridized carbons (Fsp3) is 0.154. The molecule has 0 fully saturated rings. The van der Waals surface area contributed by atoms with Crippen LogP contribution in [0.3, 0.4) is 0 Å². The molecule has 2 aromatic rings. The summed E-state index contributed by atoms with van der Waals surface area (Å²) >= 11 is 13.4. The molecule has 0 spiro atoms. The Morgan fingerprint density at radius 2 is 1.94 bits per heavy atom.